The van der Waals surface area contributed by atoms with Crippen LogP contribution in [0.5, 0.6) is 0 Å². The van der Waals surface area contributed by atoms with E-state index in [0.29, 0.717) is 18.2 Å². The maximum atomic E-state index is 12.8. The molecule has 1 amide bonds. The van der Waals surface area contributed by atoms with Gasteiger partial charge in [0.2, 0.25) is 0 Å². The zero-order valence-corrected chi connectivity index (χ0v) is 19.0. The first-order valence-electron chi connectivity index (χ1n) is 10.8. The number of halogens is 1. The standard InChI is InChI=1S/C25H29ClN4O/c1-16-9-10-21(17(2)12-16)22-14-23(29-28-22)25(31)27-15-19-7-5-11-30(3)24(19)18-6-4-8-20(26)13-18/h4,6,8-10,12-14,19,24H,5,7,11,15H2,1-3H3,(H,27,31)(H,28,29). The van der Waals surface area contributed by atoms with Crippen molar-refractivity contribution in [3.8, 4) is 11.3 Å². The third kappa shape index (κ3) is 4.83. The minimum Gasteiger partial charge on any atom is -0.350 e. The number of carbonyl (C=O) groups excluding carboxylic acids is 1. The molecule has 0 radical (unpaired) electrons. The van der Waals surface area contributed by atoms with Gasteiger partial charge >= 0.3 is 0 Å². The summed E-state index contributed by atoms with van der Waals surface area (Å²) in [6.45, 7) is 5.78. The largest absolute Gasteiger partial charge is 0.350 e. The Kier molecular flexibility index (Phi) is 6.44. The number of aryl methyl sites for hydroxylation is 2. The molecule has 0 spiro atoms. The lowest BCUT2D eigenvalue weighted by Crippen LogP contribution is -2.41. The highest BCUT2D eigenvalue weighted by Crippen LogP contribution is 2.35. The zero-order valence-electron chi connectivity index (χ0n) is 18.3. The van der Waals surface area contributed by atoms with Gasteiger partial charge in [-0.25, -0.2) is 0 Å². The maximum absolute atomic E-state index is 12.8. The average molecular weight is 437 g/mol. The molecular formula is C25H29ClN4O. The van der Waals surface area contributed by atoms with Gasteiger partial charge in [0.05, 0.1) is 5.69 Å². The summed E-state index contributed by atoms with van der Waals surface area (Å²) in [5, 5.41) is 11.1. The van der Waals surface area contributed by atoms with Gasteiger partial charge in [-0.3, -0.25) is 14.8 Å². The van der Waals surface area contributed by atoms with Crippen LogP contribution in [0.1, 0.15) is 46.1 Å². The van der Waals surface area contributed by atoms with E-state index in [9.17, 15) is 4.79 Å². The molecule has 0 bridgehead atoms. The predicted octanol–water partition coefficient (Wildman–Crippen LogP) is 5.16. The van der Waals surface area contributed by atoms with Gasteiger partial charge in [-0.2, -0.15) is 5.10 Å². The molecule has 3 aromatic rings. The lowest BCUT2D eigenvalue weighted by Gasteiger charge is -2.39. The van der Waals surface area contributed by atoms with Crippen molar-refractivity contribution in [2.45, 2.75) is 32.7 Å². The van der Waals surface area contributed by atoms with Crippen molar-refractivity contribution < 1.29 is 4.79 Å². The number of aromatic nitrogens is 2. The van der Waals surface area contributed by atoms with E-state index in [1.165, 1.54) is 11.1 Å². The Labute approximate surface area is 188 Å². The van der Waals surface area contributed by atoms with Crippen LogP contribution >= 0.6 is 11.6 Å². The highest BCUT2D eigenvalue weighted by molar-refractivity contribution is 6.30. The summed E-state index contributed by atoms with van der Waals surface area (Å²) in [7, 11) is 2.14. The molecule has 6 heteroatoms. The van der Waals surface area contributed by atoms with Gasteiger partial charge < -0.3 is 5.32 Å². The quantitative estimate of drug-likeness (QED) is 0.580. The number of hydrogen-bond donors (Lipinski definition) is 2. The number of aromatic amines is 1. The van der Waals surface area contributed by atoms with Crippen LogP contribution in [0.2, 0.25) is 5.02 Å². The second-order valence-corrected chi connectivity index (χ2v) is 9.01. The van der Waals surface area contributed by atoms with Crippen LogP contribution in [0.4, 0.5) is 0 Å². The molecule has 2 N–H and O–H groups in total. The highest BCUT2D eigenvalue weighted by atomic mass is 35.5. The normalized spacial score (nSPS) is 19.4. The van der Waals surface area contributed by atoms with Gasteiger partial charge in [-0.15, -0.1) is 0 Å². The Hall–Kier alpha value is -2.63. The molecule has 2 aromatic carbocycles. The molecule has 162 valence electrons. The number of rotatable bonds is 5. The number of amides is 1. The molecule has 2 atom stereocenters. The maximum Gasteiger partial charge on any atom is 0.269 e. The second-order valence-electron chi connectivity index (χ2n) is 8.58. The minimum atomic E-state index is -0.124. The Morgan fingerprint density at radius 2 is 2.06 bits per heavy atom. The van der Waals surface area contributed by atoms with Crippen molar-refractivity contribution in [3.05, 3.63) is 75.9 Å². The van der Waals surface area contributed by atoms with E-state index in [2.05, 4.69) is 65.6 Å². The summed E-state index contributed by atoms with van der Waals surface area (Å²) in [5.41, 5.74) is 5.87. The van der Waals surface area contributed by atoms with Crippen LogP contribution < -0.4 is 5.32 Å². The molecule has 5 nitrogen and oxygen atoms in total. The van der Waals surface area contributed by atoms with Gasteiger partial charge in [0, 0.05) is 23.2 Å². The fraction of sp³-hybridized carbons (Fsp3) is 0.360. The molecule has 2 heterocycles. The molecule has 31 heavy (non-hydrogen) atoms. The number of likely N-dealkylation sites (tertiary alicyclic amines) is 1. The van der Waals surface area contributed by atoms with E-state index in [0.717, 1.165) is 41.2 Å². The van der Waals surface area contributed by atoms with Crippen LogP contribution in [0.3, 0.4) is 0 Å². The minimum absolute atomic E-state index is 0.124. The lowest BCUT2D eigenvalue weighted by molar-refractivity contribution is 0.0887. The number of H-pyrrole nitrogens is 1. The van der Waals surface area contributed by atoms with Gasteiger partial charge in [-0.1, -0.05) is 47.5 Å². The zero-order chi connectivity index (χ0) is 22.0. The molecule has 1 saturated heterocycles. The number of piperidine rings is 1. The molecule has 2 unspecified atom stereocenters. The van der Waals surface area contributed by atoms with E-state index < -0.39 is 0 Å². The van der Waals surface area contributed by atoms with E-state index in [-0.39, 0.29) is 11.9 Å². The average Bonchev–Trinajstić information content (AvgIpc) is 3.22. The molecular weight excluding hydrogens is 408 g/mol. The van der Waals surface area contributed by atoms with E-state index in [1.54, 1.807) is 0 Å². The number of nitrogens with zero attached hydrogens (tertiary/aromatic N) is 2. The molecule has 1 aliphatic heterocycles. The predicted molar refractivity (Wildman–Crippen MR) is 125 cm³/mol. The van der Waals surface area contributed by atoms with E-state index >= 15 is 0 Å². The van der Waals surface area contributed by atoms with Gasteiger partial charge in [0.25, 0.3) is 5.91 Å². The monoisotopic (exact) mass is 436 g/mol. The molecule has 0 saturated carbocycles. The van der Waals surface area contributed by atoms with Crippen molar-refractivity contribution in [2.75, 3.05) is 20.1 Å². The van der Waals surface area contributed by atoms with Gasteiger partial charge in [0.1, 0.15) is 5.69 Å². The molecule has 0 aliphatic carbocycles. The van der Waals surface area contributed by atoms with Crippen molar-refractivity contribution >= 4 is 17.5 Å². The number of hydrogen-bond acceptors (Lipinski definition) is 3. The summed E-state index contributed by atoms with van der Waals surface area (Å²) in [6.07, 6.45) is 2.19. The second kappa shape index (κ2) is 9.25. The SMILES string of the molecule is Cc1ccc(-c2cc(C(=O)NCC3CCCN(C)C3c3cccc(Cl)c3)[nH]n2)c(C)c1. The molecule has 4 rings (SSSR count). The third-order valence-corrected chi connectivity index (χ3v) is 6.44. The van der Waals surface area contributed by atoms with Crippen molar-refractivity contribution in [1.29, 1.82) is 0 Å². The topological polar surface area (TPSA) is 61.0 Å². The summed E-state index contributed by atoms with van der Waals surface area (Å²) < 4.78 is 0. The highest BCUT2D eigenvalue weighted by Gasteiger charge is 2.31. The lowest BCUT2D eigenvalue weighted by atomic mass is 9.85. The Balaban J connectivity index is 1.46. The first-order valence-corrected chi connectivity index (χ1v) is 11.2. The molecule has 1 aliphatic rings. The summed E-state index contributed by atoms with van der Waals surface area (Å²) in [6, 6.07) is 16.4. The Bertz CT molecular complexity index is 1080. The van der Waals surface area contributed by atoms with Gasteiger partial charge in [0.15, 0.2) is 0 Å². The van der Waals surface area contributed by atoms with Crippen molar-refractivity contribution in [3.63, 3.8) is 0 Å². The Morgan fingerprint density at radius 3 is 2.84 bits per heavy atom. The van der Waals surface area contributed by atoms with Crippen molar-refractivity contribution in [2.24, 2.45) is 5.92 Å². The number of nitrogens with one attached hydrogen (secondary N) is 2. The van der Waals surface area contributed by atoms with Crippen LogP contribution in [0, 0.1) is 19.8 Å². The van der Waals surface area contributed by atoms with E-state index in [4.69, 9.17) is 11.6 Å². The summed E-state index contributed by atoms with van der Waals surface area (Å²) in [4.78, 5) is 15.2. The van der Waals surface area contributed by atoms with E-state index in [1.807, 2.05) is 24.3 Å². The molecule has 1 fully saturated rings. The number of benzene rings is 2. The van der Waals surface area contributed by atoms with Gasteiger partial charge in [-0.05, 0) is 75.5 Å². The fourth-order valence-corrected chi connectivity index (χ4v) is 4.89. The smallest absolute Gasteiger partial charge is 0.269 e. The van der Waals surface area contributed by atoms with Crippen LogP contribution in [0.25, 0.3) is 11.3 Å². The van der Waals surface area contributed by atoms with Crippen LogP contribution in [-0.4, -0.2) is 41.1 Å². The molecule has 1 aromatic heterocycles. The van der Waals surface area contributed by atoms with Crippen LogP contribution in [0.15, 0.2) is 48.5 Å². The Morgan fingerprint density at radius 1 is 1.23 bits per heavy atom. The summed E-state index contributed by atoms with van der Waals surface area (Å²) >= 11 is 6.24. The van der Waals surface area contributed by atoms with Crippen LogP contribution in [-0.2, 0) is 0 Å². The summed E-state index contributed by atoms with van der Waals surface area (Å²) in [5.74, 6) is 0.199. The number of carbonyl (C=O) groups is 1. The third-order valence-electron chi connectivity index (χ3n) is 6.20. The first-order chi connectivity index (χ1) is 14.9. The first kappa shape index (κ1) is 21.6. The fourth-order valence-electron chi connectivity index (χ4n) is 4.69. The van der Waals surface area contributed by atoms with Crippen molar-refractivity contribution in [1.82, 2.24) is 20.4 Å².